The number of nitrogens with zero attached hydrogens (tertiary/aromatic N) is 1. The van der Waals surface area contributed by atoms with Gasteiger partial charge in [-0.25, -0.2) is 0 Å². The van der Waals surface area contributed by atoms with Crippen molar-refractivity contribution in [1.82, 2.24) is 5.32 Å². The second-order valence-corrected chi connectivity index (χ2v) is 3.64. The van der Waals surface area contributed by atoms with Gasteiger partial charge in [-0.1, -0.05) is 12.1 Å². The number of nitrogens with one attached hydrogen (secondary N) is 1. The Morgan fingerprint density at radius 3 is 2.83 bits per heavy atom. The molecule has 92 valence electrons. The van der Waals surface area contributed by atoms with Crippen molar-refractivity contribution in [1.29, 1.82) is 5.26 Å². The zero-order chi connectivity index (χ0) is 13.5. The maximum Gasteiger partial charge on any atom is 0.325 e. The molecule has 0 saturated carbocycles. The molecule has 5 heteroatoms. The van der Waals surface area contributed by atoms with Gasteiger partial charge in [-0.05, 0) is 30.7 Å². The van der Waals surface area contributed by atoms with E-state index in [1.54, 1.807) is 24.3 Å². The predicted molar refractivity (Wildman–Crippen MR) is 65.4 cm³/mol. The van der Waals surface area contributed by atoms with Crippen molar-refractivity contribution in [2.24, 2.45) is 0 Å². The normalized spacial score (nSPS) is 11.8. The van der Waals surface area contributed by atoms with Crippen molar-refractivity contribution in [3.63, 3.8) is 0 Å². The van der Waals surface area contributed by atoms with Crippen molar-refractivity contribution < 1.29 is 14.7 Å². The van der Waals surface area contributed by atoms with Gasteiger partial charge in [-0.15, -0.1) is 0 Å². The Labute approximate surface area is 104 Å². The number of aliphatic carboxylic acids is 1. The predicted octanol–water partition coefficient (Wildman–Crippen LogP) is 1.16. The maximum absolute atomic E-state index is 11.4. The molecule has 1 aromatic carbocycles. The summed E-state index contributed by atoms with van der Waals surface area (Å²) in [5, 5.41) is 19.6. The number of amides is 1. The number of nitriles is 1. The Morgan fingerprint density at radius 2 is 2.22 bits per heavy atom. The number of carboxylic acids is 1. The molecule has 5 nitrogen and oxygen atoms in total. The summed E-state index contributed by atoms with van der Waals surface area (Å²) in [5.74, 6) is -1.59. The Hall–Kier alpha value is -2.61. The van der Waals surface area contributed by atoms with Crippen LogP contribution in [0.5, 0.6) is 0 Å². The van der Waals surface area contributed by atoms with Crippen LogP contribution in [0.25, 0.3) is 6.08 Å². The highest BCUT2D eigenvalue weighted by atomic mass is 16.4. The van der Waals surface area contributed by atoms with Gasteiger partial charge in [-0.2, -0.15) is 5.26 Å². The van der Waals surface area contributed by atoms with Gasteiger partial charge in [-0.3, -0.25) is 9.59 Å². The number of rotatable bonds is 4. The minimum absolute atomic E-state index is 0.493. The third kappa shape index (κ3) is 4.10. The average molecular weight is 244 g/mol. The fraction of sp³-hybridized carbons (Fsp3) is 0.154. The molecule has 1 aromatic rings. The first-order valence-corrected chi connectivity index (χ1v) is 5.24. The molecule has 0 aliphatic heterocycles. The van der Waals surface area contributed by atoms with E-state index >= 15 is 0 Å². The summed E-state index contributed by atoms with van der Waals surface area (Å²) in [6.07, 6.45) is 2.75. The van der Waals surface area contributed by atoms with E-state index < -0.39 is 17.9 Å². The summed E-state index contributed by atoms with van der Waals surface area (Å²) in [7, 11) is 0. The number of benzene rings is 1. The zero-order valence-corrected chi connectivity index (χ0v) is 9.75. The summed E-state index contributed by atoms with van der Waals surface area (Å²) < 4.78 is 0. The van der Waals surface area contributed by atoms with Crippen molar-refractivity contribution in [2.75, 3.05) is 0 Å². The highest BCUT2D eigenvalue weighted by molar-refractivity contribution is 5.94. The molecule has 0 aliphatic rings. The van der Waals surface area contributed by atoms with Crippen molar-refractivity contribution in [3.8, 4) is 6.07 Å². The average Bonchev–Trinajstić information content (AvgIpc) is 2.36. The van der Waals surface area contributed by atoms with Crippen LogP contribution in [0.2, 0.25) is 0 Å². The summed E-state index contributed by atoms with van der Waals surface area (Å²) in [6, 6.07) is 7.78. The van der Waals surface area contributed by atoms with E-state index in [2.05, 4.69) is 5.32 Å². The van der Waals surface area contributed by atoms with Gasteiger partial charge in [0.1, 0.15) is 6.04 Å². The second kappa shape index (κ2) is 6.21. The van der Waals surface area contributed by atoms with Gasteiger partial charge in [0.25, 0.3) is 0 Å². The zero-order valence-electron chi connectivity index (χ0n) is 9.75. The van der Waals surface area contributed by atoms with Crippen molar-refractivity contribution in [2.45, 2.75) is 13.0 Å². The number of hydrogen-bond acceptors (Lipinski definition) is 3. The van der Waals surface area contributed by atoms with E-state index in [1.165, 1.54) is 19.1 Å². The Morgan fingerprint density at radius 1 is 1.50 bits per heavy atom. The van der Waals surface area contributed by atoms with Crippen LogP contribution in [0.3, 0.4) is 0 Å². The minimum atomic E-state index is -1.09. The largest absolute Gasteiger partial charge is 0.480 e. The van der Waals surface area contributed by atoms with Crippen LogP contribution in [-0.4, -0.2) is 23.0 Å². The lowest BCUT2D eigenvalue weighted by atomic mass is 10.1. The van der Waals surface area contributed by atoms with E-state index in [-0.39, 0.29) is 0 Å². The monoisotopic (exact) mass is 244 g/mol. The van der Waals surface area contributed by atoms with Crippen LogP contribution >= 0.6 is 0 Å². The van der Waals surface area contributed by atoms with Gasteiger partial charge in [0.2, 0.25) is 5.91 Å². The van der Waals surface area contributed by atoms with Gasteiger partial charge in [0, 0.05) is 6.08 Å². The van der Waals surface area contributed by atoms with E-state index in [0.717, 1.165) is 0 Å². The lowest BCUT2D eigenvalue weighted by Gasteiger charge is -2.05. The van der Waals surface area contributed by atoms with Crippen LogP contribution < -0.4 is 5.32 Å². The van der Waals surface area contributed by atoms with Crippen LogP contribution in [-0.2, 0) is 9.59 Å². The van der Waals surface area contributed by atoms with Gasteiger partial charge < -0.3 is 10.4 Å². The highest BCUT2D eigenvalue weighted by Crippen LogP contribution is 2.05. The molecule has 18 heavy (non-hydrogen) atoms. The van der Waals surface area contributed by atoms with Crippen molar-refractivity contribution >= 4 is 18.0 Å². The fourth-order valence-electron chi connectivity index (χ4n) is 1.21. The SMILES string of the molecule is C[C@@H](NC(=O)C=Cc1cccc(C#N)c1)C(=O)O. The third-order valence-electron chi connectivity index (χ3n) is 2.17. The molecule has 0 saturated heterocycles. The molecule has 2 N–H and O–H groups in total. The lowest BCUT2D eigenvalue weighted by Crippen LogP contribution is -2.37. The van der Waals surface area contributed by atoms with E-state index in [9.17, 15) is 9.59 Å². The van der Waals surface area contributed by atoms with Crippen molar-refractivity contribution in [3.05, 3.63) is 41.5 Å². The van der Waals surface area contributed by atoms with Gasteiger partial charge in [0.05, 0.1) is 11.6 Å². The first-order chi connectivity index (χ1) is 8.52. The molecule has 0 bridgehead atoms. The number of carbonyl (C=O) groups is 2. The first-order valence-electron chi connectivity index (χ1n) is 5.24. The maximum atomic E-state index is 11.4. The summed E-state index contributed by atoms with van der Waals surface area (Å²) in [5.41, 5.74) is 1.20. The number of carboxylic acid groups (broad SMARTS) is 1. The van der Waals surface area contributed by atoms with Crippen LogP contribution in [0.15, 0.2) is 30.3 Å². The summed E-state index contributed by atoms with van der Waals surface area (Å²) in [6.45, 7) is 1.38. The Balaban J connectivity index is 2.66. The standard InChI is InChI=1S/C13H12N2O3/c1-9(13(17)18)15-12(16)6-5-10-3-2-4-11(7-10)8-14/h2-7,9H,1H3,(H,15,16)(H,17,18)/t9-/m1/s1. The molecule has 1 atom stereocenters. The minimum Gasteiger partial charge on any atom is -0.480 e. The Kier molecular flexibility index (Phi) is 4.64. The van der Waals surface area contributed by atoms with Crippen LogP contribution in [0.4, 0.5) is 0 Å². The quantitative estimate of drug-likeness (QED) is 0.777. The lowest BCUT2D eigenvalue weighted by molar-refractivity contribution is -0.140. The van der Waals surface area contributed by atoms with Crippen LogP contribution in [0, 0.1) is 11.3 Å². The second-order valence-electron chi connectivity index (χ2n) is 3.64. The van der Waals surface area contributed by atoms with Gasteiger partial charge in [0.15, 0.2) is 0 Å². The molecule has 0 aliphatic carbocycles. The molecule has 0 unspecified atom stereocenters. The third-order valence-corrected chi connectivity index (χ3v) is 2.17. The molecule has 0 spiro atoms. The summed E-state index contributed by atoms with van der Waals surface area (Å²) >= 11 is 0. The van der Waals surface area contributed by atoms with E-state index in [4.69, 9.17) is 10.4 Å². The first kappa shape index (κ1) is 13.5. The molecule has 1 amide bonds. The number of hydrogen-bond donors (Lipinski definition) is 2. The van der Waals surface area contributed by atoms with E-state index in [0.29, 0.717) is 11.1 Å². The smallest absolute Gasteiger partial charge is 0.325 e. The Bertz CT molecular complexity index is 529. The highest BCUT2D eigenvalue weighted by Gasteiger charge is 2.11. The van der Waals surface area contributed by atoms with E-state index in [1.807, 2.05) is 6.07 Å². The molecule has 0 heterocycles. The molecular formula is C13H12N2O3. The number of carbonyl (C=O) groups excluding carboxylic acids is 1. The molecular weight excluding hydrogens is 232 g/mol. The fourth-order valence-corrected chi connectivity index (χ4v) is 1.21. The summed E-state index contributed by atoms with van der Waals surface area (Å²) in [4.78, 5) is 21.9. The molecule has 0 fully saturated rings. The molecule has 1 rings (SSSR count). The topological polar surface area (TPSA) is 90.2 Å². The molecule has 0 aromatic heterocycles. The van der Waals surface area contributed by atoms with Gasteiger partial charge >= 0.3 is 5.97 Å². The van der Waals surface area contributed by atoms with Crippen LogP contribution in [0.1, 0.15) is 18.1 Å². The molecule has 0 radical (unpaired) electrons.